The van der Waals surface area contributed by atoms with E-state index in [2.05, 4.69) is 234 Å². The van der Waals surface area contributed by atoms with Gasteiger partial charge in [-0.05, 0) is 47.2 Å². The van der Waals surface area contributed by atoms with Crippen molar-refractivity contribution >= 4 is 79.2 Å². The second-order valence-electron chi connectivity index (χ2n) is 15.6. The minimum Gasteiger partial charge on any atom is -0.455 e. The molecule has 0 saturated carbocycles. The highest BCUT2D eigenvalue weighted by Gasteiger charge is 2.35. The van der Waals surface area contributed by atoms with Crippen molar-refractivity contribution < 1.29 is 4.42 Å². The van der Waals surface area contributed by atoms with Crippen LogP contribution in [-0.2, 0) is 0 Å². The predicted octanol–water partition coefficient (Wildman–Crippen LogP) is 13.5. The molecule has 3 nitrogen and oxygen atoms in total. The highest BCUT2D eigenvalue weighted by atomic mass is 31.2. The van der Waals surface area contributed by atoms with Crippen LogP contribution in [0.25, 0.3) is 21.9 Å². The molecule has 0 unspecified atom stereocenters. The lowest BCUT2D eigenvalue weighted by Crippen LogP contribution is -2.26. The Bertz CT molecular complexity index is 2710. The normalized spacial score (nSPS) is 12.0. The van der Waals surface area contributed by atoms with Crippen molar-refractivity contribution in [1.82, 2.24) is 0 Å². The summed E-state index contributed by atoms with van der Waals surface area (Å²) in [4.78, 5) is 0. The molecule has 0 bridgehead atoms. The predicted molar refractivity (Wildman–Crippen MR) is 256 cm³/mol. The van der Waals surface area contributed by atoms with Gasteiger partial charge in [0, 0.05) is 42.6 Å². The van der Waals surface area contributed by atoms with Crippen molar-refractivity contribution in [2.24, 2.45) is 9.49 Å². The van der Waals surface area contributed by atoms with E-state index in [-0.39, 0.29) is 0 Å². The molecule has 290 valence electrons. The molecule has 0 amide bonds. The molecule has 0 aliphatic carbocycles. The average Bonchev–Trinajstić information content (AvgIpc) is 3.68. The van der Waals surface area contributed by atoms with Gasteiger partial charge >= 0.3 is 0 Å². The maximum absolute atomic E-state index is 7.58. The lowest BCUT2D eigenvalue weighted by atomic mass is 10.0. The number of fused-ring (bicyclic) bond motifs is 3. The summed E-state index contributed by atoms with van der Waals surface area (Å²) in [6, 6.07) is 74.2. The molecule has 0 saturated heterocycles. The van der Waals surface area contributed by atoms with Gasteiger partial charge < -0.3 is 4.42 Å². The summed E-state index contributed by atoms with van der Waals surface area (Å²) in [6.45, 7) is 9.00. The van der Waals surface area contributed by atoms with Crippen LogP contribution < -0.4 is 31.8 Å². The molecule has 9 aromatic rings. The minimum atomic E-state index is -2.77. The number of rotatable bonds is 10. The van der Waals surface area contributed by atoms with Crippen LogP contribution in [0.4, 0.5) is 11.4 Å². The second-order valence-corrected chi connectivity index (χ2v) is 21.6. The van der Waals surface area contributed by atoms with Crippen LogP contribution >= 0.6 is 14.1 Å². The number of para-hydroxylation sites is 2. The Morgan fingerprint density at radius 1 is 0.339 bits per heavy atom. The van der Waals surface area contributed by atoms with Crippen molar-refractivity contribution in [3.8, 4) is 0 Å². The standard InChI is InChI=1S/C54H48N2OP2/c1-39(2)45-31-17-19-35-49(45)55-58(41-23-9-5-10-24-41,42-25-11-6-12-26-42)51-37-21-33-47-48-34-22-38-52(54(48)57-53(47)51)59(43-27-13-7-14-28-43,44-29-15-8-16-30-44)56-50-36-20-18-32-46(50)40(3)4/h5-40H,1-4H3. The van der Waals surface area contributed by atoms with Crippen LogP contribution in [0.2, 0.25) is 0 Å². The zero-order valence-corrected chi connectivity index (χ0v) is 35.8. The van der Waals surface area contributed by atoms with Gasteiger partial charge in [-0.3, -0.25) is 9.49 Å². The number of benzene rings is 8. The molecule has 59 heavy (non-hydrogen) atoms. The Kier molecular flexibility index (Phi) is 10.7. The summed E-state index contributed by atoms with van der Waals surface area (Å²) < 4.78 is 19.6. The first-order valence-electron chi connectivity index (χ1n) is 20.5. The zero-order chi connectivity index (χ0) is 40.4. The molecule has 0 aliphatic rings. The van der Waals surface area contributed by atoms with Crippen molar-refractivity contribution in [3.63, 3.8) is 0 Å². The van der Waals surface area contributed by atoms with E-state index < -0.39 is 14.1 Å². The molecule has 1 heterocycles. The van der Waals surface area contributed by atoms with E-state index in [9.17, 15) is 0 Å². The topological polar surface area (TPSA) is 37.9 Å². The molecule has 8 aromatic carbocycles. The van der Waals surface area contributed by atoms with Crippen LogP contribution in [0.1, 0.15) is 50.7 Å². The summed E-state index contributed by atoms with van der Waals surface area (Å²) in [7, 11) is -5.54. The minimum absolute atomic E-state index is 0.297. The SMILES string of the molecule is CC(C)c1ccccc1N=P(c1ccccc1)(c1ccccc1)c1cccc2c1oc1c(P(=Nc3ccccc3C(C)C)(c3ccccc3)c3ccccc3)cccc12. The third-order valence-corrected chi connectivity index (χ3v) is 18.6. The number of nitrogens with zero attached hydrogens (tertiary/aromatic N) is 2. The number of furan rings is 1. The molecule has 0 fully saturated rings. The molecular weight excluding hydrogens is 755 g/mol. The van der Waals surface area contributed by atoms with Gasteiger partial charge in [-0.25, -0.2) is 0 Å². The lowest BCUT2D eigenvalue weighted by Gasteiger charge is -2.28. The van der Waals surface area contributed by atoms with E-state index in [1.807, 2.05) is 0 Å². The Balaban J connectivity index is 1.46. The molecule has 0 N–H and O–H groups in total. The molecule has 1 aromatic heterocycles. The number of hydrogen-bond acceptors (Lipinski definition) is 3. The van der Waals surface area contributed by atoms with E-state index >= 15 is 0 Å². The van der Waals surface area contributed by atoms with Crippen molar-refractivity contribution in [2.45, 2.75) is 39.5 Å². The summed E-state index contributed by atoms with van der Waals surface area (Å²) in [5, 5.41) is 9.04. The van der Waals surface area contributed by atoms with E-state index in [0.717, 1.165) is 43.9 Å². The van der Waals surface area contributed by atoms with Crippen molar-refractivity contribution in [2.75, 3.05) is 0 Å². The molecule has 5 heteroatoms. The first-order chi connectivity index (χ1) is 28.9. The Labute approximate surface area is 348 Å². The van der Waals surface area contributed by atoms with Crippen LogP contribution in [0, 0.1) is 0 Å². The van der Waals surface area contributed by atoms with E-state index in [0.29, 0.717) is 11.8 Å². The largest absolute Gasteiger partial charge is 0.455 e. The third-order valence-electron chi connectivity index (χ3n) is 11.3. The van der Waals surface area contributed by atoms with Gasteiger partial charge in [-0.1, -0.05) is 210 Å². The first-order valence-corrected chi connectivity index (χ1v) is 24.0. The Morgan fingerprint density at radius 2 is 0.644 bits per heavy atom. The van der Waals surface area contributed by atoms with Crippen molar-refractivity contribution in [3.05, 3.63) is 217 Å². The summed E-state index contributed by atoms with van der Waals surface area (Å²) in [5.74, 6) is 0.594. The smallest absolute Gasteiger partial charge is 0.145 e. The van der Waals surface area contributed by atoms with Crippen molar-refractivity contribution in [1.29, 1.82) is 0 Å². The fraction of sp³-hybridized carbons (Fsp3) is 0.111. The van der Waals surface area contributed by atoms with Gasteiger partial charge in [0.2, 0.25) is 0 Å². The lowest BCUT2D eigenvalue weighted by molar-refractivity contribution is 0.674. The average molecular weight is 803 g/mol. The Morgan fingerprint density at radius 3 is 0.966 bits per heavy atom. The maximum Gasteiger partial charge on any atom is 0.145 e. The summed E-state index contributed by atoms with van der Waals surface area (Å²) >= 11 is 0. The molecule has 9 rings (SSSR count). The van der Waals surface area contributed by atoms with Gasteiger partial charge in [0.25, 0.3) is 0 Å². The van der Waals surface area contributed by atoms with E-state index in [1.165, 1.54) is 32.3 Å². The summed E-state index contributed by atoms with van der Waals surface area (Å²) in [5.41, 5.74) is 6.21. The molecule has 0 spiro atoms. The fourth-order valence-electron chi connectivity index (χ4n) is 8.53. The van der Waals surface area contributed by atoms with E-state index in [4.69, 9.17) is 13.9 Å². The van der Waals surface area contributed by atoms with Gasteiger partial charge in [0.15, 0.2) is 0 Å². The van der Waals surface area contributed by atoms with Gasteiger partial charge in [-0.2, -0.15) is 0 Å². The van der Waals surface area contributed by atoms with Gasteiger partial charge in [0.1, 0.15) is 11.2 Å². The fourth-order valence-corrected chi connectivity index (χ4v) is 15.9. The highest BCUT2D eigenvalue weighted by molar-refractivity contribution is 7.88. The zero-order valence-electron chi connectivity index (χ0n) is 34.0. The monoisotopic (exact) mass is 802 g/mol. The van der Waals surface area contributed by atoms with Crippen LogP contribution in [0.3, 0.4) is 0 Å². The number of hydrogen-bond donors (Lipinski definition) is 0. The van der Waals surface area contributed by atoms with Gasteiger partial charge in [-0.15, -0.1) is 0 Å². The first kappa shape index (κ1) is 38.5. The molecule has 0 radical (unpaired) electrons. The van der Waals surface area contributed by atoms with E-state index in [1.54, 1.807) is 0 Å². The molecule has 0 aliphatic heterocycles. The second kappa shape index (κ2) is 16.3. The van der Waals surface area contributed by atoms with Crippen LogP contribution in [0.5, 0.6) is 0 Å². The quantitative estimate of drug-likeness (QED) is 0.127. The van der Waals surface area contributed by atoms with Crippen LogP contribution in [-0.4, -0.2) is 0 Å². The Hall–Kier alpha value is -5.98. The van der Waals surface area contributed by atoms with Gasteiger partial charge in [0.05, 0.1) is 25.5 Å². The third kappa shape index (κ3) is 6.83. The molecule has 0 atom stereocenters. The maximum atomic E-state index is 7.58. The van der Waals surface area contributed by atoms with Crippen LogP contribution in [0.15, 0.2) is 220 Å². The summed E-state index contributed by atoms with van der Waals surface area (Å²) in [6.07, 6.45) is 0. The highest BCUT2D eigenvalue weighted by Crippen LogP contribution is 2.55. The molecular formula is C54H48N2OP2.